The van der Waals surface area contributed by atoms with E-state index in [1.165, 1.54) is 295 Å². The maximum Gasteiger partial charge on any atom is 0.472 e. The number of carbonyl (C=O) groups is 4. The Bertz CT molecular complexity index is 2060. The Balaban J connectivity index is 5.23. The molecule has 0 aromatic heterocycles. The third kappa shape index (κ3) is 82.1. The first-order chi connectivity index (χ1) is 52.4. The first-order valence-electron chi connectivity index (χ1n) is 46.0. The van der Waals surface area contributed by atoms with Gasteiger partial charge in [0.25, 0.3) is 0 Å². The molecule has 0 heterocycles. The Morgan fingerprint density at radius 1 is 0.250 bits per heavy atom. The van der Waals surface area contributed by atoms with Gasteiger partial charge in [0.1, 0.15) is 19.3 Å². The molecule has 0 saturated carbocycles. The van der Waals surface area contributed by atoms with Gasteiger partial charge in [-0.15, -0.1) is 0 Å². The number of aliphatic hydroxyl groups excluding tert-OH is 1. The molecule has 0 aliphatic rings. The molecule has 0 aromatic carbocycles. The summed E-state index contributed by atoms with van der Waals surface area (Å²) in [5, 5.41) is 10.7. The lowest BCUT2D eigenvalue weighted by molar-refractivity contribution is -0.161. The quantitative estimate of drug-likeness (QED) is 0.0222. The van der Waals surface area contributed by atoms with E-state index in [9.17, 15) is 43.2 Å². The molecule has 0 spiro atoms. The van der Waals surface area contributed by atoms with Gasteiger partial charge in [-0.25, -0.2) is 9.13 Å². The van der Waals surface area contributed by atoms with E-state index < -0.39 is 97.5 Å². The summed E-state index contributed by atoms with van der Waals surface area (Å²) < 4.78 is 69.0. The molecule has 17 nitrogen and oxygen atoms in total. The van der Waals surface area contributed by atoms with Gasteiger partial charge in [0.05, 0.1) is 26.4 Å². The summed E-state index contributed by atoms with van der Waals surface area (Å²) in [6.07, 6.45) is 73.8. The number of rotatable bonds is 88. The first-order valence-corrected chi connectivity index (χ1v) is 49.0. The Hall–Kier alpha value is -1.94. The summed E-state index contributed by atoms with van der Waals surface area (Å²) in [5.41, 5.74) is 0. The Kier molecular flexibility index (Phi) is 78.8. The third-order valence-corrected chi connectivity index (χ3v) is 22.9. The summed E-state index contributed by atoms with van der Waals surface area (Å²) in [5.74, 6) is -0.590. The second kappa shape index (κ2) is 80.3. The number of ether oxygens (including phenoxy) is 4. The van der Waals surface area contributed by atoms with Crippen molar-refractivity contribution in [3.63, 3.8) is 0 Å². The maximum absolute atomic E-state index is 13.2. The number of aliphatic hydroxyl groups is 1. The molecule has 3 N–H and O–H groups in total. The molecule has 2 unspecified atom stereocenters. The van der Waals surface area contributed by atoms with E-state index in [1.54, 1.807) is 0 Å². The summed E-state index contributed by atoms with van der Waals surface area (Å²) in [4.78, 5) is 73.3. The summed E-state index contributed by atoms with van der Waals surface area (Å²) in [7, 11) is -9.93. The minimum Gasteiger partial charge on any atom is -0.462 e. The van der Waals surface area contributed by atoms with Crippen LogP contribution in [-0.4, -0.2) is 96.7 Å². The molecule has 0 aliphatic heterocycles. The molecule has 0 aliphatic carbocycles. The molecule has 0 radical (unpaired) electrons. The second-order valence-electron chi connectivity index (χ2n) is 32.9. The molecular weight excluding hydrogens is 1400 g/mol. The largest absolute Gasteiger partial charge is 0.472 e. The second-order valence-corrected chi connectivity index (χ2v) is 35.8. The number of esters is 4. The van der Waals surface area contributed by atoms with E-state index in [1.807, 2.05) is 0 Å². The molecule has 0 amide bonds. The van der Waals surface area contributed by atoms with Crippen molar-refractivity contribution in [1.82, 2.24) is 0 Å². The Labute approximate surface area is 664 Å². The fourth-order valence-corrected chi connectivity index (χ4v) is 15.5. The Morgan fingerprint density at radius 3 is 0.630 bits per heavy atom. The van der Waals surface area contributed by atoms with Gasteiger partial charge in [0.15, 0.2) is 12.2 Å². The molecule has 19 heteroatoms. The molecule has 0 fully saturated rings. The fourth-order valence-electron chi connectivity index (χ4n) is 14.0. The van der Waals surface area contributed by atoms with Crippen LogP contribution in [-0.2, 0) is 65.4 Å². The lowest BCUT2D eigenvalue weighted by atomic mass is 10.0. The van der Waals surface area contributed by atoms with Crippen LogP contribution in [0.4, 0.5) is 0 Å². The highest BCUT2D eigenvalue weighted by Gasteiger charge is 2.31. The molecule has 5 atom stereocenters. The van der Waals surface area contributed by atoms with Crippen molar-refractivity contribution in [1.29, 1.82) is 0 Å². The van der Waals surface area contributed by atoms with Crippen LogP contribution in [0.15, 0.2) is 0 Å². The van der Waals surface area contributed by atoms with E-state index >= 15 is 0 Å². The van der Waals surface area contributed by atoms with Gasteiger partial charge in [-0.1, -0.05) is 427 Å². The van der Waals surface area contributed by atoms with Crippen molar-refractivity contribution in [3.8, 4) is 0 Å². The zero-order chi connectivity index (χ0) is 79.2. The fraction of sp³-hybridized carbons (Fsp3) is 0.955. The van der Waals surface area contributed by atoms with E-state index in [0.717, 1.165) is 102 Å². The predicted octanol–water partition coefficient (Wildman–Crippen LogP) is 27.4. The van der Waals surface area contributed by atoms with E-state index in [-0.39, 0.29) is 25.7 Å². The molecule has 0 rings (SSSR count). The zero-order valence-corrected chi connectivity index (χ0v) is 73.0. The lowest BCUT2D eigenvalue weighted by Gasteiger charge is -2.21. The van der Waals surface area contributed by atoms with Crippen molar-refractivity contribution >= 4 is 39.5 Å². The molecule has 0 saturated heterocycles. The van der Waals surface area contributed by atoms with Crippen LogP contribution in [0.2, 0.25) is 0 Å². The number of hydrogen-bond donors (Lipinski definition) is 3. The minimum absolute atomic E-state index is 0.106. The topological polar surface area (TPSA) is 237 Å². The van der Waals surface area contributed by atoms with Crippen LogP contribution in [0, 0.1) is 11.8 Å². The van der Waals surface area contributed by atoms with Crippen LogP contribution < -0.4 is 0 Å². The molecule has 0 bridgehead atoms. The summed E-state index contributed by atoms with van der Waals surface area (Å²) in [6, 6.07) is 0. The maximum atomic E-state index is 13.2. The number of phosphoric acid groups is 2. The van der Waals surface area contributed by atoms with Crippen LogP contribution in [0.5, 0.6) is 0 Å². The van der Waals surface area contributed by atoms with Crippen LogP contribution in [0.3, 0.4) is 0 Å². The van der Waals surface area contributed by atoms with Gasteiger partial charge in [-0.05, 0) is 37.5 Å². The first kappa shape index (κ1) is 106. The van der Waals surface area contributed by atoms with Crippen LogP contribution in [0.25, 0.3) is 0 Å². The highest BCUT2D eigenvalue weighted by molar-refractivity contribution is 7.47. The number of phosphoric ester groups is 2. The molecule has 108 heavy (non-hydrogen) atoms. The van der Waals surface area contributed by atoms with Crippen molar-refractivity contribution in [2.45, 2.75) is 496 Å². The molecule has 642 valence electrons. The summed E-state index contributed by atoms with van der Waals surface area (Å²) in [6.45, 7) is 9.67. The highest BCUT2D eigenvalue weighted by Crippen LogP contribution is 2.45. The van der Waals surface area contributed by atoms with Crippen LogP contribution >= 0.6 is 15.6 Å². The highest BCUT2D eigenvalue weighted by atomic mass is 31.2. The zero-order valence-electron chi connectivity index (χ0n) is 71.2. The van der Waals surface area contributed by atoms with E-state index in [0.29, 0.717) is 25.7 Å². The average molecular weight is 1580 g/mol. The minimum atomic E-state index is -4.97. The number of carbonyl (C=O) groups excluding carboxylic acids is 4. The van der Waals surface area contributed by atoms with Gasteiger partial charge in [-0.2, -0.15) is 0 Å². The predicted molar refractivity (Wildman–Crippen MR) is 446 cm³/mol. The average Bonchev–Trinajstić information content (AvgIpc) is 0.899. The standard InChI is InChI=1S/C89H174O17P2/c1-7-9-11-13-15-17-19-21-23-25-27-29-31-33-35-37-39-47-53-59-65-71-86(91)99-77-84(105-88(93)73-67-61-55-49-40-38-36-34-32-30-28-26-24-22-20-18-16-14-12-10-8-2)79-103-107(95,96)101-75-83(90)76-102-108(97,98)104-80-85(106-89(94)74-68-62-56-50-44-42-46-52-58-64-70-82(5)6)78-100-87(92)72-66-60-54-48-43-41-45-51-57-63-69-81(3)4/h81-85,90H,7-80H2,1-6H3,(H,95,96)(H,97,98)/t83-,84-,85-/m1/s1. The molecule has 0 aromatic rings. The van der Waals surface area contributed by atoms with Gasteiger partial charge in [0.2, 0.25) is 0 Å². The van der Waals surface area contributed by atoms with Crippen molar-refractivity contribution in [3.05, 3.63) is 0 Å². The van der Waals surface area contributed by atoms with Gasteiger partial charge in [-0.3, -0.25) is 37.3 Å². The van der Waals surface area contributed by atoms with Gasteiger partial charge in [0, 0.05) is 25.7 Å². The van der Waals surface area contributed by atoms with Crippen molar-refractivity contribution in [2.24, 2.45) is 11.8 Å². The van der Waals surface area contributed by atoms with Crippen molar-refractivity contribution < 1.29 is 80.2 Å². The van der Waals surface area contributed by atoms with Crippen molar-refractivity contribution in [2.75, 3.05) is 39.6 Å². The monoisotopic (exact) mass is 1580 g/mol. The van der Waals surface area contributed by atoms with E-state index in [2.05, 4.69) is 41.5 Å². The number of hydrogen-bond acceptors (Lipinski definition) is 15. The Morgan fingerprint density at radius 2 is 0.426 bits per heavy atom. The third-order valence-electron chi connectivity index (χ3n) is 21.0. The number of unbranched alkanes of at least 4 members (excludes halogenated alkanes) is 58. The SMILES string of the molecule is CCCCCCCCCCCCCCCCCCCCCCCC(=O)OC[C@H](COP(=O)(O)OC[C@@H](O)COP(=O)(O)OC[C@@H](COC(=O)CCCCCCCCCCCCC(C)C)OC(=O)CCCCCCCCCCCCC(C)C)OC(=O)CCCCCCCCCCCCCCCCCCCCCCC. The van der Waals surface area contributed by atoms with Gasteiger partial charge >= 0.3 is 39.5 Å². The lowest BCUT2D eigenvalue weighted by Crippen LogP contribution is -2.30. The van der Waals surface area contributed by atoms with E-state index in [4.69, 9.17) is 37.0 Å². The van der Waals surface area contributed by atoms with Gasteiger partial charge < -0.3 is 33.8 Å². The summed E-state index contributed by atoms with van der Waals surface area (Å²) >= 11 is 0. The molecular formula is C89H174O17P2. The smallest absolute Gasteiger partial charge is 0.462 e. The van der Waals surface area contributed by atoms with Crippen LogP contribution in [0.1, 0.15) is 478 Å². The normalized spacial score (nSPS) is 13.8.